The van der Waals surface area contributed by atoms with Crippen molar-refractivity contribution >= 4 is 11.9 Å². The highest BCUT2D eigenvalue weighted by Gasteiger charge is 2.07. The molecular weight excluding hydrogens is 278 g/mol. The smallest absolute Gasteiger partial charge is 0.329 e. The lowest BCUT2D eigenvalue weighted by molar-refractivity contribution is -0.142. The van der Waals surface area contributed by atoms with Crippen molar-refractivity contribution in [2.24, 2.45) is 0 Å². The molecule has 2 N–H and O–H groups in total. The molecule has 21 heavy (non-hydrogen) atoms. The van der Waals surface area contributed by atoms with Crippen LogP contribution < -0.4 is 14.8 Å². The molecule has 7 nitrogen and oxygen atoms in total. The van der Waals surface area contributed by atoms with Gasteiger partial charge in [-0.1, -0.05) is 12.1 Å². The summed E-state index contributed by atoms with van der Waals surface area (Å²) < 4.78 is 15.5. The van der Waals surface area contributed by atoms with Crippen LogP contribution in [0.5, 0.6) is 11.5 Å². The second-order valence-corrected chi connectivity index (χ2v) is 3.96. The molecule has 1 rings (SSSR count). The van der Waals surface area contributed by atoms with E-state index in [1.165, 1.54) is 0 Å². The van der Waals surface area contributed by atoms with Crippen molar-refractivity contribution in [1.82, 2.24) is 5.32 Å². The van der Waals surface area contributed by atoms with Gasteiger partial charge in [-0.05, 0) is 19.1 Å². The Hall–Kier alpha value is -2.28. The highest BCUT2D eigenvalue weighted by Crippen LogP contribution is 2.26. The Morgan fingerprint density at radius 2 is 1.81 bits per heavy atom. The summed E-state index contributed by atoms with van der Waals surface area (Å²) >= 11 is 0. The fraction of sp³-hybridized carbons (Fsp3) is 0.429. The Balaban J connectivity index is 2.25. The number of carboxylic acid groups (broad SMARTS) is 1. The zero-order chi connectivity index (χ0) is 15.5. The van der Waals surface area contributed by atoms with Crippen LogP contribution in [-0.2, 0) is 14.3 Å². The van der Waals surface area contributed by atoms with Crippen LogP contribution in [0.4, 0.5) is 0 Å². The van der Waals surface area contributed by atoms with E-state index in [-0.39, 0.29) is 32.3 Å². The summed E-state index contributed by atoms with van der Waals surface area (Å²) in [6, 6.07) is 7.08. The van der Waals surface area contributed by atoms with Crippen molar-refractivity contribution in [3.8, 4) is 11.5 Å². The summed E-state index contributed by atoms with van der Waals surface area (Å²) in [5, 5.41) is 10.9. The molecule has 0 bridgehead atoms. The molecular formula is C14H19NO6. The van der Waals surface area contributed by atoms with E-state index < -0.39 is 5.97 Å². The number of hydrogen-bond donors (Lipinski definition) is 2. The van der Waals surface area contributed by atoms with E-state index in [1.54, 1.807) is 18.2 Å². The molecule has 0 heterocycles. The molecule has 0 unspecified atom stereocenters. The van der Waals surface area contributed by atoms with Crippen LogP contribution in [-0.4, -0.2) is 50.0 Å². The van der Waals surface area contributed by atoms with Crippen molar-refractivity contribution in [1.29, 1.82) is 0 Å². The van der Waals surface area contributed by atoms with Crippen LogP contribution in [0.25, 0.3) is 0 Å². The van der Waals surface area contributed by atoms with Crippen molar-refractivity contribution in [2.75, 3.05) is 33.0 Å². The maximum atomic E-state index is 11.5. The third kappa shape index (κ3) is 7.17. The lowest BCUT2D eigenvalue weighted by atomic mass is 10.3. The van der Waals surface area contributed by atoms with Gasteiger partial charge in [0.25, 0.3) is 5.91 Å². The van der Waals surface area contributed by atoms with Crippen LogP contribution in [0.1, 0.15) is 6.92 Å². The summed E-state index contributed by atoms with van der Waals surface area (Å²) in [4.78, 5) is 21.7. The maximum absolute atomic E-state index is 11.5. The molecule has 1 aromatic rings. The minimum absolute atomic E-state index is 0.133. The lowest BCUT2D eigenvalue weighted by Gasteiger charge is -2.11. The fourth-order valence-electron chi connectivity index (χ4n) is 1.46. The highest BCUT2D eigenvalue weighted by molar-refractivity contribution is 5.77. The van der Waals surface area contributed by atoms with Gasteiger partial charge in [0.1, 0.15) is 6.61 Å². The Kier molecular flexibility index (Phi) is 7.67. The number of aliphatic carboxylic acids is 1. The number of para-hydroxylation sites is 2. The third-order valence-electron chi connectivity index (χ3n) is 2.30. The van der Waals surface area contributed by atoms with Crippen LogP contribution in [0.15, 0.2) is 24.3 Å². The number of carbonyl (C=O) groups excluding carboxylic acids is 1. The molecule has 0 aliphatic heterocycles. The SMILES string of the molecule is CCOc1ccccc1OCC(=O)NCCOCC(=O)O. The quantitative estimate of drug-likeness (QED) is 0.617. The first-order chi connectivity index (χ1) is 10.1. The molecule has 0 radical (unpaired) electrons. The molecule has 0 saturated heterocycles. The van der Waals surface area contributed by atoms with E-state index >= 15 is 0 Å². The van der Waals surface area contributed by atoms with Gasteiger partial charge in [-0.3, -0.25) is 4.79 Å². The Bertz CT molecular complexity index is 463. The number of carbonyl (C=O) groups is 2. The molecule has 0 fully saturated rings. The topological polar surface area (TPSA) is 94.1 Å². The first-order valence-electron chi connectivity index (χ1n) is 6.54. The zero-order valence-corrected chi connectivity index (χ0v) is 11.8. The Morgan fingerprint density at radius 3 is 2.43 bits per heavy atom. The number of nitrogens with one attached hydrogen (secondary N) is 1. The highest BCUT2D eigenvalue weighted by atomic mass is 16.5. The number of carboxylic acids is 1. The summed E-state index contributed by atoms with van der Waals surface area (Å²) in [5.74, 6) is -0.286. The first kappa shape index (κ1) is 16.8. The van der Waals surface area contributed by atoms with Crippen molar-refractivity contribution < 1.29 is 28.9 Å². The molecule has 0 atom stereocenters. The number of hydrogen-bond acceptors (Lipinski definition) is 5. The molecule has 7 heteroatoms. The molecule has 0 spiro atoms. The Morgan fingerprint density at radius 1 is 1.14 bits per heavy atom. The van der Waals surface area contributed by atoms with E-state index in [0.29, 0.717) is 18.1 Å². The van der Waals surface area contributed by atoms with Crippen molar-refractivity contribution in [3.63, 3.8) is 0 Å². The Labute approximate surface area is 122 Å². The predicted molar refractivity (Wildman–Crippen MR) is 74.6 cm³/mol. The van der Waals surface area contributed by atoms with Crippen LogP contribution >= 0.6 is 0 Å². The number of amides is 1. The van der Waals surface area contributed by atoms with E-state index in [1.807, 2.05) is 13.0 Å². The number of rotatable bonds is 10. The van der Waals surface area contributed by atoms with Gasteiger partial charge in [0.2, 0.25) is 0 Å². The van der Waals surface area contributed by atoms with E-state index in [0.717, 1.165) is 0 Å². The van der Waals surface area contributed by atoms with E-state index in [9.17, 15) is 9.59 Å². The average molecular weight is 297 g/mol. The minimum Gasteiger partial charge on any atom is -0.490 e. The summed E-state index contributed by atoms with van der Waals surface area (Å²) in [6.45, 7) is 2.20. The number of benzene rings is 1. The van der Waals surface area contributed by atoms with Gasteiger partial charge in [0.15, 0.2) is 18.1 Å². The van der Waals surface area contributed by atoms with Crippen molar-refractivity contribution in [2.45, 2.75) is 6.92 Å². The van der Waals surface area contributed by atoms with Gasteiger partial charge < -0.3 is 24.6 Å². The average Bonchev–Trinajstić information content (AvgIpc) is 2.46. The molecule has 0 aromatic heterocycles. The summed E-state index contributed by atoms with van der Waals surface area (Å²) in [7, 11) is 0. The lowest BCUT2D eigenvalue weighted by Crippen LogP contribution is -2.32. The largest absolute Gasteiger partial charge is 0.490 e. The molecule has 0 aliphatic carbocycles. The maximum Gasteiger partial charge on any atom is 0.329 e. The van der Waals surface area contributed by atoms with Gasteiger partial charge in [-0.15, -0.1) is 0 Å². The fourth-order valence-corrected chi connectivity index (χ4v) is 1.46. The summed E-state index contributed by atoms with van der Waals surface area (Å²) in [6.07, 6.45) is 0. The molecule has 1 amide bonds. The van der Waals surface area contributed by atoms with E-state index in [2.05, 4.69) is 5.32 Å². The molecule has 116 valence electrons. The second kappa shape index (κ2) is 9.60. The summed E-state index contributed by atoms with van der Waals surface area (Å²) in [5.41, 5.74) is 0. The third-order valence-corrected chi connectivity index (χ3v) is 2.30. The second-order valence-electron chi connectivity index (χ2n) is 3.96. The predicted octanol–water partition coefficient (Wildman–Crippen LogP) is 0.681. The monoisotopic (exact) mass is 297 g/mol. The normalized spacial score (nSPS) is 9.95. The van der Waals surface area contributed by atoms with E-state index in [4.69, 9.17) is 19.3 Å². The van der Waals surface area contributed by atoms with Crippen LogP contribution in [0, 0.1) is 0 Å². The standard InChI is InChI=1S/C14H19NO6/c1-2-20-11-5-3-4-6-12(11)21-9-13(16)15-7-8-19-10-14(17)18/h3-6H,2,7-10H2,1H3,(H,15,16)(H,17,18). The molecule has 0 aliphatic rings. The van der Waals surface area contributed by atoms with Gasteiger partial charge in [0.05, 0.1) is 13.2 Å². The van der Waals surface area contributed by atoms with Crippen LogP contribution in [0.2, 0.25) is 0 Å². The van der Waals surface area contributed by atoms with Gasteiger partial charge >= 0.3 is 5.97 Å². The van der Waals surface area contributed by atoms with Gasteiger partial charge in [-0.2, -0.15) is 0 Å². The van der Waals surface area contributed by atoms with Gasteiger partial charge in [-0.25, -0.2) is 4.79 Å². The minimum atomic E-state index is -1.04. The zero-order valence-electron chi connectivity index (χ0n) is 11.8. The van der Waals surface area contributed by atoms with Gasteiger partial charge in [0, 0.05) is 6.54 Å². The van der Waals surface area contributed by atoms with Crippen LogP contribution in [0.3, 0.4) is 0 Å². The van der Waals surface area contributed by atoms with Crippen molar-refractivity contribution in [3.05, 3.63) is 24.3 Å². The molecule has 1 aromatic carbocycles. The first-order valence-corrected chi connectivity index (χ1v) is 6.54. The number of ether oxygens (including phenoxy) is 3. The molecule has 0 saturated carbocycles.